The SMILES string of the molecule is CN(C(=O)c1cc(S(=O)(=O)Cl)cn1C)C1CCCC1. The van der Waals surface area contributed by atoms with Crippen molar-refractivity contribution < 1.29 is 13.2 Å². The molecule has 7 heteroatoms. The van der Waals surface area contributed by atoms with E-state index in [-0.39, 0.29) is 16.8 Å². The Hall–Kier alpha value is -1.01. The van der Waals surface area contributed by atoms with Crippen LogP contribution in [0.3, 0.4) is 0 Å². The third-order valence-corrected chi connectivity index (χ3v) is 4.99. The number of hydrogen-bond donors (Lipinski definition) is 0. The predicted octanol–water partition coefficient (Wildman–Crippen LogP) is 1.97. The molecule has 0 saturated heterocycles. The van der Waals surface area contributed by atoms with Crippen LogP contribution in [0.1, 0.15) is 36.2 Å². The van der Waals surface area contributed by atoms with Crippen molar-refractivity contribution in [3.8, 4) is 0 Å². The van der Waals surface area contributed by atoms with Gasteiger partial charge in [0.15, 0.2) is 0 Å². The molecule has 19 heavy (non-hydrogen) atoms. The van der Waals surface area contributed by atoms with Gasteiger partial charge in [0.2, 0.25) is 0 Å². The Morgan fingerprint density at radius 1 is 1.42 bits per heavy atom. The van der Waals surface area contributed by atoms with Gasteiger partial charge in [0.25, 0.3) is 15.0 Å². The summed E-state index contributed by atoms with van der Waals surface area (Å²) in [4.78, 5) is 14.0. The number of carbonyl (C=O) groups is 1. The fraction of sp³-hybridized carbons (Fsp3) is 0.583. The Morgan fingerprint density at radius 2 is 2.00 bits per heavy atom. The lowest BCUT2D eigenvalue weighted by Crippen LogP contribution is -2.36. The molecule has 1 saturated carbocycles. The standard InChI is InChI=1S/C12H17ClN2O3S/c1-14-8-10(19(13,17)18)7-11(14)12(16)15(2)9-5-3-4-6-9/h7-9H,3-6H2,1-2H3. The van der Waals surface area contributed by atoms with Gasteiger partial charge in [-0.05, 0) is 18.9 Å². The number of nitrogens with zero attached hydrogens (tertiary/aromatic N) is 2. The van der Waals surface area contributed by atoms with Gasteiger partial charge in [-0.2, -0.15) is 0 Å². The first kappa shape index (κ1) is 14.4. The Bertz CT molecular complexity index is 588. The molecule has 1 aromatic rings. The second-order valence-corrected chi connectivity index (χ2v) is 7.53. The van der Waals surface area contributed by atoms with E-state index in [0.717, 1.165) is 25.7 Å². The van der Waals surface area contributed by atoms with E-state index in [2.05, 4.69) is 0 Å². The summed E-state index contributed by atoms with van der Waals surface area (Å²) in [6.45, 7) is 0. The average Bonchev–Trinajstić information content (AvgIpc) is 2.94. The van der Waals surface area contributed by atoms with Gasteiger partial charge in [-0.1, -0.05) is 12.8 Å². The molecule has 1 aromatic heterocycles. The minimum atomic E-state index is -3.80. The van der Waals surface area contributed by atoms with Crippen LogP contribution in [-0.4, -0.2) is 36.9 Å². The first-order valence-electron chi connectivity index (χ1n) is 6.19. The zero-order valence-corrected chi connectivity index (χ0v) is 12.5. The molecule has 1 amide bonds. The lowest BCUT2D eigenvalue weighted by Gasteiger charge is -2.24. The topological polar surface area (TPSA) is 59.4 Å². The fourth-order valence-corrected chi connectivity index (χ4v) is 3.31. The molecule has 0 aromatic carbocycles. The van der Waals surface area contributed by atoms with Gasteiger partial charge in [-0.15, -0.1) is 0 Å². The van der Waals surface area contributed by atoms with Crippen LogP contribution in [-0.2, 0) is 16.1 Å². The molecule has 1 aliphatic carbocycles. The first-order chi connectivity index (χ1) is 8.80. The zero-order chi connectivity index (χ0) is 14.2. The maximum absolute atomic E-state index is 12.4. The van der Waals surface area contributed by atoms with Crippen LogP contribution in [0.4, 0.5) is 0 Å². The summed E-state index contributed by atoms with van der Waals surface area (Å²) >= 11 is 0. The van der Waals surface area contributed by atoms with E-state index in [1.807, 2.05) is 0 Å². The van der Waals surface area contributed by atoms with Crippen LogP contribution in [0.15, 0.2) is 17.2 Å². The van der Waals surface area contributed by atoms with Gasteiger partial charge in [-0.25, -0.2) is 8.42 Å². The third-order valence-electron chi connectivity index (χ3n) is 3.67. The van der Waals surface area contributed by atoms with Gasteiger partial charge in [-0.3, -0.25) is 4.79 Å². The van der Waals surface area contributed by atoms with E-state index in [4.69, 9.17) is 10.7 Å². The number of amides is 1. The van der Waals surface area contributed by atoms with Crippen molar-refractivity contribution in [2.24, 2.45) is 7.05 Å². The maximum atomic E-state index is 12.4. The second-order valence-electron chi connectivity index (χ2n) is 4.96. The Balaban J connectivity index is 2.26. The Labute approximate surface area is 117 Å². The van der Waals surface area contributed by atoms with Crippen molar-refractivity contribution in [2.75, 3.05) is 7.05 Å². The molecule has 2 rings (SSSR count). The monoisotopic (exact) mass is 304 g/mol. The molecule has 1 fully saturated rings. The smallest absolute Gasteiger partial charge is 0.270 e. The zero-order valence-electron chi connectivity index (χ0n) is 11.0. The second kappa shape index (κ2) is 5.17. The maximum Gasteiger partial charge on any atom is 0.270 e. The fourth-order valence-electron chi connectivity index (χ4n) is 2.52. The summed E-state index contributed by atoms with van der Waals surface area (Å²) < 4.78 is 24.1. The highest BCUT2D eigenvalue weighted by Gasteiger charge is 2.27. The summed E-state index contributed by atoms with van der Waals surface area (Å²) in [5, 5.41) is 0. The van der Waals surface area contributed by atoms with Gasteiger partial charge in [0.05, 0.1) is 0 Å². The molecule has 106 valence electrons. The van der Waals surface area contributed by atoms with Gasteiger partial charge in [0.1, 0.15) is 10.6 Å². The first-order valence-corrected chi connectivity index (χ1v) is 8.50. The minimum Gasteiger partial charge on any atom is -0.345 e. The summed E-state index contributed by atoms with van der Waals surface area (Å²) in [6.07, 6.45) is 5.65. The van der Waals surface area contributed by atoms with E-state index in [1.165, 1.54) is 16.8 Å². The van der Waals surface area contributed by atoms with Crippen molar-refractivity contribution >= 4 is 25.6 Å². The highest BCUT2D eigenvalue weighted by Crippen LogP contribution is 2.25. The van der Waals surface area contributed by atoms with E-state index in [9.17, 15) is 13.2 Å². The molecule has 1 aliphatic rings. The number of halogens is 1. The highest BCUT2D eigenvalue weighted by molar-refractivity contribution is 8.13. The predicted molar refractivity (Wildman–Crippen MR) is 72.8 cm³/mol. The van der Waals surface area contributed by atoms with Crippen LogP contribution in [0.5, 0.6) is 0 Å². The van der Waals surface area contributed by atoms with Crippen LogP contribution >= 0.6 is 10.7 Å². The molecular weight excluding hydrogens is 288 g/mol. The quantitative estimate of drug-likeness (QED) is 0.802. The summed E-state index contributed by atoms with van der Waals surface area (Å²) in [7, 11) is 4.89. The Morgan fingerprint density at radius 3 is 2.47 bits per heavy atom. The van der Waals surface area contributed by atoms with Crippen molar-refractivity contribution in [2.45, 2.75) is 36.6 Å². The van der Waals surface area contributed by atoms with E-state index < -0.39 is 9.05 Å². The molecule has 0 aliphatic heterocycles. The van der Waals surface area contributed by atoms with Crippen molar-refractivity contribution in [3.05, 3.63) is 18.0 Å². The average molecular weight is 305 g/mol. The lowest BCUT2D eigenvalue weighted by molar-refractivity contribution is 0.0725. The summed E-state index contributed by atoms with van der Waals surface area (Å²) in [5.41, 5.74) is 0.341. The number of hydrogen-bond acceptors (Lipinski definition) is 3. The number of aromatic nitrogens is 1. The number of aryl methyl sites for hydroxylation is 1. The molecule has 0 N–H and O–H groups in total. The van der Waals surface area contributed by atoms with Gasteiger partial charge >= 0.3 is 0 Å². The van der Waals surface area contributed by atoms with Crippen LogP contribution < -0.4 is 0 Å². The van der Waals surface area contributed by atoms with Crippen LogP contribution in [0.25, 0.3) is 0 Å². The van der Waals surface area contributed by atoms with Gasteiger partial charge in [0, 0.05) is 37.0 Å². The lowest BCUT2D eigenvalue weighted by atomic mass is 10.2. The highest BCUT2D eigenvalue weighted by atomic mass is 35.7. The number of rotatable bonds is 3. The van der Waals surface area contributed by atoms with Crippen molar-refractivity contribution in [3.63, 3.8) is 0 Å². The summed E-state index contributed by atoms with van der Waals surface area (Å²) in [6, 6.07) is 1.58. The Kier molecular flexibility index (Phi) is 3.92. The third kappa shape index (κ3) is 2.95. The molecule has 1 heterocycles. The van der Waals surface area contributed by atoms with Crippen molar-refractivity contribution in [1.29, 1.82) is 0 Å². The van der Waals surface area contributed by atoms with Gasteiger partial charge < -0.3 is 9.47 Å². The largest absolute Gasteiger partial charge is 0.345 e. The van der Waals surface area contributed by atoms with E-state index in [0.29, 0.717) is 5.69 Å². The molecular formula is C12H17ClN2O3S. The minimum absolute atomic E-state index is 0.0418. The normalized spacial score (nSPS) is 16.8. The van der Waals surface area contributed by atoms with Crippen LogP contribution in [0, 0.1) is 0 Å². The molecule has 0 radical (unpaired) electrons. The van der Waals surface area contributed by atoms with E-state index >= 15 is 0 Å². The van der Waals surface area contributed by atoms with Crippen LogP contribution in [0.2, 0.25) is 0 Å². The molecule has 0 spiro atoms. The van der Waals surface area contributed by atoms with E-state index in [1.54, 1.807) is 19.0 Å². The number of carbonyl (C=O) groups excluding carboxylic acids is 1. The van der Waals surface area contributed by atoms with Crippen molar-refractivity contribution in [1.82, 2.24) is 9.47 Å². The molecule has 5 nitrogen and oxygen atoms in total. The summed E-state index contributed by atoms with van der Waals surface area (Å²) in [5.74, 6) is -0.166. The molecule has 0 bridgehead atoms. The molecule has 0 atom stereocenters. The molecule has 0 unspecified atom stereocenters.